The Labute approximate surface area is 164 Å². The SMILES string of the molecule is COc1ccc(C)cc1/C=C/C(=O)Nc1ccc(N2CCCC2=O)c(OC)c1. The summed E-state index contributed by atoms with van der Waals surface area (Å²) in [4.78, 5) is 26.0. The van der Waals surface area contributed by atoms with Crippen LogP contribution in [0.2, 0.25) is 0 Å². The van der Waals surface area contributed by atoms with Gasteiger partial charge in [-0.2, -0.15) is 0 Å². The van der Waals surface area contributed by atoms with Gasteiger partial charge in [0.25, 0.3) is 0 Å². The van der Waals surface area contributed by atoms with Gasteiger partial charge in [-0.05, 0) is 43.7 Å². The van der Waals surface area contributed by atoms with E-state index in [1.165, 1.54) is 6.08 Å². The third kappa shape index (κ3) is 4.34. The van der Waals surface area contributed by atoms with Gasteiger partial charge in [0.05, 0.1) is 19.9 Å². The highest BCUT2D eigenvalue weighted by atomic mass is 16.5. The third-order valence-corrected chi connectivity index (χ3v) is 4.61. The standard InChI is InChI=1S/C22H24N2O4/c1-15-6-10-19(27-2)16(13-15)7-11-21(25)23-17-8-9-18(20(14-17)28-3)24-12-4-5-22(24)26/h6-11,13-14H,4-5,12H2,1-3H3,(H,23,25)/b11-7+. The minimum atomic E-state index is -0.268. The molecule has 1 aliphatic heterocycles. The monoisotopic (exact) mass is 380 g/mol. The Morgan fingerprint density at radius 2 is 1.89 bits per heavy atom. The Bertz CT molecular complexity index is 921. The zero-order chi connectivity index (χ0) is 20.1. The molecule has 0 aliphatic carbocycles. The van der Waals surface area contributed by atoms with E-state index in [2.05, 4.69) is 5.32 Å². The van der Waals surface area contributed by atoms with Crippen molar-refractivity contribution < 1.29 is 19.1 Å². The van der Waals surface area contributed by atoms with E-state index in [-0.39, 0.29) is 11.8 Å². The second-order valence-corrected chi connectivity index (χ2v) is 6.60. The first kappa shape index (κ1) is 19.5. The van der Waals surface area contributed by atoms with E-state index < -0.39 is 0 Å². The van der Waals surface area contributed by atoms with Gasteiger partial charge in [-0.15, -0.1) is 0 Å². The van der Waals surface area contributed by atoms with Crippen molar-refractivity contribution in [2.45, 2.75) is 19.8 Å². The number of carbonyl (C=O) groups is 2. The molecular weight excluding hydrogens is 356 g/mol. The minimum Gasteiger partial charge on any atom is -0.496 e. The van der Waals surface area contributed by atoms with E-state index in [4.69, 9.17) is 9.47 Å². The molecule has 6 heteroatoms. The second kappa shape index (κ2) is 8.61. The fourth-order valence-corrected chi connectivity index (χ4v) is 3.21. The van der Waals surface area contributed by atoms with Crippen LogP contribution in [0.25, 0.3) is 6.08 Å². The lowest BCUT2D eigenvalue weighted by atomic mass is 10.1. The molecule has 146 valence electrons. The Kier molecular flexibility index (Phi) is 5.99. The van der Waals surface area contributed by atoms with E-state index in [1.54, 1.807) is 43.4 Å². The first-order valence-corrected chi connectivity index (χ1v) is 9.14. The molecule has 0 spiro atoms. The van der Waals surface area contributed by atoms with E-state index in [0.717, 1.165) is 23.2 Å². The molecule has 0 unspecified atom stereocenters. The van der Waals surface area contributed by atoms with Crippen molar-refractivity contribution >= 4 is 29.3 Å². The highest BCUT2D eigenvalue weighted by Gasteiger charge is 2.24. The van der Waals surface area contributed by atoms with Gasteiger partial charge in [0.15, 0.2) is 0 Å². The van der Waals surface area contributed by atoms with E-state index in [9.17, 15) is 9.59 Å². The van der Waals surface area contributed by atoms with Crippen LogP contribution in [0, 0.1) is 6.92 Å². The average Bonchev–Trinajstić information content (AvgIpc) is 3.12. The van der Waals surface area contributed by atoms with Crippen LogP contribution >= 0.6 is 0 Å². The van der Waals surface area contributed by atoms with Gasteiger partial charge in [0, 0.05) is 36.4 Å². The highest BCUT2D eigenvalue weighted by molar-refractivity contribution is 6.03. The summed E-state index contributed by atoms with van der Waals surface area (Å²) in [5, 5.41) is 2.82. The number of carbonyl (C=O) groups excluding carboxylic acids is 2. The molecular formula is C22H24N2O4. The molecule has 3 rings (SSSR count). The molecule has 6 nitrogen and oxygen atoms in total. The Balaban J connectivity index is 1.74. The summed E-state index contributed by atoms with van der Waals surface area (Å²) in [5.41, 5.74) is 3.23. The highest BCUT2D eigenvalue weighted by Crippen LogP contribution is 2.33. The summed E-state index contributed by atoms with van der Waals surface area (Å²) >= 11 is 0. The Morgan fingerprint density at radius 3 is 2.57 bits per heavy atom. The molecule has 2 amide bonds. The molecule has 28 heavy (non-hydrogen) atoms. The number of methoxy groups -OCH3 is 2. The lowest BCUT2D eigenvalue weighted by Crippen LogP contribution is -2.24. The summed E-state index contributed by atoms with van der Waals surface area (Å²) in [7, 11) is 3.15. The summed E-state index contributed by atoms with van der Waals surface area (Å²) in [5.74, 6) is 1.08. The molecule has 0 radical (unpaired) electrons. The molecule has 2 aromatic carbocycles. The topological polar surface area (TPSA) is 67.9 Å². The minimum absolute atomic E-state index is 0.0881. The molecule has 1 heterocycles. The Hall–Kier alpha value is -3.28. The van der Waals surface area contributed by atoms with Crippen molar-refractivity contribution in [1.82, 2.24) is 0 Å². The van der Waals surface area contributed by atoms with Crippen LogP contribution in [0.3, 0.4) is 0 Å². The smallest absolute Gasteiger partial charge is 0.248 e. The number of hydrogen-bond donors (Lipinski definition) is 1. The van der Waals surface area contributed by atoms with E-state index >= 15 is 0 Å². The molecule has 1 fully saturated rings. The van der Waals surface area contributed by atoms with E-state index in [1.807, 2.05) is 25.1 Å². The number of ether oxygens (including phenoxy) is 2. The largest absolute Gasteiger partial charge is 0.496 e. The van der Waals surface area contributed by atoms with E-state index in [0.29, 0.717) is 30.2 Å². The van der Waals surface area contributed by atoms with Crippen molar-refractivity contribution in [3.8, 4) is 11.5 Å². The first-order chi connectivity index (χ1) is 13.5. The van der Waals surface area contributed by atoms with Crippen molar-refractivity contribution in [2.24, 2.45) is 0 Å². The van der Waals surface area contributed by atoms with Gasteiger partial charge in [0.2, 0.25) is 11.8 Å². The van der Waals surface area contributed by atoms with Crippen molar-refractivity contribution in [3.05, 3.63) is 53.6 Å². The maximum absolute atomic E-state index is 12.3. The van der Waals surface area contributed by atoms with Crippen molar-refractivity contribution in [2.75, 3.05) is 31.0 Å². The van der Waals surface area contributed by atoms with Gasteiger partial charge >= 0.3 is 0 Å². The summed E-state index contributed by atoms with van der Waals surface area (Å²) in [6, 6.07) is 11.1. The van der Waals surface area contributed by atoms with Gasteiger partial charge in [-0.3, -0.25) is 9.59 Å². The first-order valence-electron chi connectivity index (χ1n) is 9.14. The van der Waals surface area contributed by atoms with Crippen LogP contribution in [-0.2, 0) is 9.59 Å². The van der Waals surface area contributed by atoms with Crippen LogP contribution in [-0.4, -0.2) is 32.6 Å². The predicted octanol–water partition coefficient (Wildman–Crippen LogP) is 3.79. The second-order valence-electron chi connectivity index (χ2n) is 6.60. The van der Waals surface area contributed by atoms with Crippen LogP contribution in [0.5, 0.6) is 11.5 Å². The zero-order valence-corrected chi connectivity index (χ0v) is 16.3. The van der Waals surface area contributed by atoms with Crippen LogP contribution in [0.4, 0.5) is 11.4 Å². The molecule has 0 bridgehead atoms. The number of anilines is 2. The maximum atomic E-state index is 12.3. The molecule has 1 N–H and O–H groups in total. The molecule has 0 atom stereocenters. The van der Waals surface area contributed by atoms with Gasteiger partial charge in [0.1, 0.15) is 11.5 Å². The van der Waals surface area contributed by atoms with Crippen LogP contribution in [0.15, 0.2) is 42.5 Å². The fraction of sp³-hybridized carbons (Fsp3) is 0.273. The molecule has 2 aromatic rings. The normalized spacial score (nSPS) is 13.8. The molecule has 0 saturated carbocycles. The number of rotatable bonds is 6. The lowest BCUT2D eigenvalue weighted by molar-refractivity contribution is -0.117. The van der Waals surface area contributed by atoms with Crippen molar-refractivity contribution in [1.29, 1.82) is 0 Å². The van der Waals surface area contributed by atoms with Gasteiger partial charge in [-0.1, -0.05) is 11.6 Å². The number of nitrogens with one attached hydrogen (secondary N) is 1. The van der Waals surface area contributed by atoms with Crippen LogP contribution in [0.1, 0.15) is 24.0 Å². The summed E-state index contributed by atoms with van der Waals surface area (Å²) < 4.78 is 10.7. The fourth-order valence-electron chi connectivity index (χ4n) is 3.21. The predicted molar refractivity (Wildman–Crippen MR) is 110 cm³/mol. The number of amides is 2. The number of hydrogen-bond acceptors (Lipinski definition) is 4. The van der Waals surface area contributed by atoms with Crippen molar-refractivity contribution in [3.63, 3.8) is 0 Å². The molecule has 0 aromatic heterocycles. The number of benzene rings is 2. The number of aryl methyl sites for hydroxylation is 1. The van der Waals surface area contributed by atoms with Crippen LogP contribution < -0.4 is 19.7 Å². The van der Waals surface area contributed by atoms with Gasteiger partial charge < -0.3 is 19.7 Å². The quantitative estimate of drug-likeness (QED) is 0.774. The Morgan fingerprint density at radius 1 is 1.11 bits per heavy atom. The average molecular weight is 380 g/mol. The summed E-state index contributed by atoms with van der Waals surface area (Å²) in [6.07, 6.45) is 4.57. The lowest BCUT2D eigenvalue weighted by Gasteiger charge is -2.19. The summed E-state index contributed by atoms with van der Waals surface area (Å²) in [6.45, 7) is 2.66. The maximum Gasteiger partial charge on any atom is 0.248 e. The number of nitrogens with zero attached hydrogens (tertiary/aromatic N) is 1. The third-order valence-electron chi connectivity index (χ3n) is 4.61. The molecule has 1 saturated heterocycles. The zero-order valence-electron chi connectivity index (χ0n) is 16.3. The van der Waals surface area contributed by atoms with Gasteiger partial charge in [-0.25, -0.2) is 0 Å². The molecule has 1 aliphatic rings.